The molecule has 2 heterocycles. The number of carbonyl (C=O) groups is 2. The fourth-order valence-corrected chi connectivity index (χ4v) is 3.06. The molecule has 0 saturated heterocycles. The predicted molar refractivity (Wildman–Crippen MR) is 97.1 cm³/mol. The molecular weight excluding hydrogens is 352 g/mol. The number of nitrogens with zero attached hydrogens (tertiary/aromatic N) is 3. The number of nitrogens with one attached hydrogen (secondary N) is 1. The molecule has 0 saturated carbocycles. The van der Waals surface area contributed by atoms with Gasteiger partial charge in [0.05, 0.1) is 18.6 Å². The van der Waals surface area contributed by atoms with E-state index in [1.165, 1.54) is 18.0 Å². The Hall–Kier alpha value is -2.87. The van der Waals surface area contributed by atoms with E-state index in [1.807, 2.05) is 31.2 Å². The summed E-state index contributed by atoms with van der Waals surface area (Å²) in [4.78, 5) is 24.1. The summed E-state index contributed by atoms with van der Waals surface area (Å²) in [5.74, 6) is 0.821. The van der Waals surface area contributed by atoms with Gasteiger partial charge in [0.15, 0.2) is 22.5 Å². The molecule has 3 aromatic rings. The normalized spacial score (nSPS) is 10.7. The Bertz CT molecular complexity index is 901. The largest absolute Gasteiger partial charge is 0.459 e. The molecule has 0 unspecified atom stereocenters. The van der Waals surface area contributed by atoms with E-state index in [-0.39, 0.29) is 29.7 Å². The van der Waals surface area contributed by atoms with Crippen LogP contribution in [0.25, 0.3) is 0 Å². The summed E-state index contributed by atoms with van der Waals surface area (Å²) in [7, 11) is 1.80. The molecule has 7 nitrogen and oxygen atoms in total. The van der Waals surface area contributed by atoms with Gasteiger partial charge in [0.2, 0.25) is 0 Å². The van der Waals surface area contributed by atoms with Crippen molar-refractivity contribution in [3.05, 3.63) is 65.4 Å². The molecule has 3 rings (SSSR count). The van der Waals surface area contributed by atoms with Crippen molar-refractivity contribution in [1.82, 2.24) is 20.1 Å². The standard InChI is InChI=1S/C18H18N4O3S/c1-12-5-7-13(8-6-12)14(23)11-26-18-21-20-16(22(18)2)10-19-17(24)15-4-3-9-25-15/h3-9H,10-11H2,1-2H3,(H,19,24). The van der Waals surface area contributed by atoms with Gasteiger partial charge in [-0.3, -0.25) is 9.59 Å². The number of furan rings is 1. The number of benzene rings is 1. The van der Waals surface area contributed by atoms with Gasteiger partial charge in [-0.05, 0) is 19.1 Å². The first-order valence-corrected chi connectivity index (χ1v) is 8.96. The van der Waals surface area contributed by atoms with Gasteiger partial charge >= 0.3 is 0 Å². The number of aromatic nitrogens is 3. The smallest absolute Gasteiger partial charge is 0.287 e. The van der Waals surface area contributed by atoms with Crippen LogP contribution in [0.15, 0.2) is 52.2 Å². The minimum atomic E-state index is -0.318. The summed E-state index contributed by atoms with van der Waals surface area (Å²) in [6, 6.07) is 10.7. The van der Waals surface area contributed by atoms with Crippen LogP contribution >= 0.6 is 11.8 Å². The van der Waals surface area contributed by atoms with Crippen LogP contribution in [0.1, 0.15) is 32.3 Å². The molecule has 1 N–H and O–H groups in total. The van der Waals surface area contributed by atoms with Crippen LogP contribution in [-0.2, 0) is 13.6 Å². The summed E-state index contributed by atoms with van der Waals surface area (Å²) in [5.41, 5.74) is 1.79. The van der Waals surface area contributed by atoms with E-state index in [1.54, 1.807) is 23.7 Å². The molecule has 2 aromatic heterocycles. The van der Waals surface area contributed by atoms with Crippen molar-refractivity contribution in [1.29, 1.82) is 0 Å². The lowest BCUT2D eigenvalue weighted by atomic mass is 10.1. The van der Waals surface area contributed by atoms with Crippen LogP contribution in [0.4, 0.5) is 0 Å². The summed E-state index contributed by atoms with van der Waals surface area (Å²) in [5, 5.41) is 11.5. The second kappa shape index (κ2) is 8.01. The van der Waals surface area contributed by atoms with Gasteiger partial charge in [0, 0.05) is 12.6 Å². The Morgan fingerprint density at radius 1 is 1.19 bits per heavy atom. The highest BCUT2D eigenvalue weighted by atomic mass is 32.2. The Kier molecular flexibility index (Phi) is 5.52. The highest BCUT2D eigenvalue weighted by Gasteiger charge is 2.14. The number of Topliss-reactive ketones (excluding diaryl/α,β-unsaturated/α-hetero) is 1. The van der Waals surface area contributed by atoms with Crippen molar-refractivity contribution in [2.24, 2.45) is 7.05 Å². The molecule has 0 atom stereocenters. The topological polar surface area (TPSA) is 90.0 Å². The molecule has 26 heavy (non-hydrogen) atoms. The molecule has 0 fully saturated rings. The van der Waals surface area contributed by atoms with Crippen molar-refractivity contribution in [2.75, 3.05) is 5.75 Å². The Labute approximate surface area is 154 Å². The van der Waals surface area contributed by atoms with Gasteiger partial charge in [-0.25, -0.2) is 0 Å². The highest BCUT2D eigenvalue weighted by Crippen LogP contribution is 2.18. The number of hydrogen-bond acceptors (Lipinski definition) is 6. The molecule has 1 aromatic carbocycles. The second-order valence-electron chi connectivity index (χ2n) is 5.70. The molecule has 134 valence electrons. The number of carbonyl (C=O) groups excluding carboxylic acids is 2. The summed E-state index contributed by atoms with van der Waals surface area (Å²) >= 11 is 1.32. The van der Waals surface area contributed by atoms with Crippen LogP contribution in [0.5, 0.6) is 0 Å². The first-order chi connectivity index (χ1) is 12.5. The number of ketones is 1. The molecule has 0 aliphatic rings. The maximum Gasteiger partial charge on any atom is 0.287 e. The predicted octanol–water partition coefficient (Wildman–Crippen LogP) is 2.62. The van der Waals surface area contributed by atoms with Crippen molar-refractivity contribution in [2.45, 2.75) is 18.6 Å². The van der Waals surface area contributed by atoms with Crippen molar-refractivity contribution >= 4 is 23.5 Å². The van der Waals surface area contributed by atoms with Crippen molar-refractivity contribution in [3.8, 4) is 0 Å². The van der Waals surface area contributed by atoms with Gasteiger partial charge < -0.3 is 14.3 Å². The molecule has 0 bridgehead atoms. The molecular formula is C18H18N4O3S. The number of rotatable bonds is 7. The third-order valence-electron chi connectivity index (χ3n) is 3.78. The SMILES string of the molecule is Cc1ccc(C(=O)CSc2nnc(CNC(=O)c3ccco3)n2C)cc1. The first-order valence-electron chi connectivity index (χ1n) is 7.97. The van der Waals surface area contributed by atoms with E-state index in [4.69, 9.17) is 4.42 Å². The Morgan fingerprint density at radius 3 is 2.65 bits per heavy atom. The van der Waals surface area contributed by atoms with E-state index in [2.05, 4.69) is 15.5 Å². The zero-order valence-electron chi connectivity index (χ0n) is 14.4. The molecule has 0 radical (unpaired) electrons. The third kappa shape index (κ3) is 4.20. The number of amides is 1. The van der Waals surface area contributed by atoms with Gasteiger partial charge in [0.1, 0.15) is 0 Å². The van der Waals surface area contributed by atoms with Crippen molar-refractivity contribution in [3.63, 3.8) is 0 Å². The zero-order valence-corrected chi connectivity index (χ0v) is 15.2. The average Bonchev–Trinajstić information content (AvgIpc) is 3.29. The monoisotopic (exact) mass is 370 g/mol. The van der Waals surface area contributed by atoms with Gasteiger partial charge in [0.25, 0.3) is 5.91 Å². The van der Waals surface area contributed by atoms with E-state index in [9.17, 15) is 9.59 Å². The maximum atomic E-state index is 12.2. The lowest BCUT2D eigenvalue weighted by Crippen LogP contribution is -2.24. The van der Waals surface area contributed by atoms with Gasteiger partial charge in [-0.15, -0.1) is 10.2 Å². The number of aryl methyl sites for hydroxylation is 1. The van der Waals surface area contributed by atoms with Crippen molar-refractivity contribution < 1.29 is 14.0 Å². The first kappa shape index (κ1) is 17.9. The van der Waals surface area contributed by atoms with Crippen LogP contribution in [0, 0.1) is 6.92 Å². The maximum absolute atomic E-state index is 12.2. The minimum absolute atomic E-state index is 0.0330. The van der Waals surface area contributed by atoms with E-state index in [0.717, 1.165) is 5.56 Å². The highest BCUT2D eigenvalue weighted by molar-refractivity contribution is 7.99. The third-order valence-corrected chi connectivity index (χ3v) is 4.80. The lowest BCUT2D eigenvalue weighted by molar-refractivity contribution is 0.0921. The fourth-order valence-electron chi connectivity index (χ4n) is 2.23. The second-order valence-corrected chi connectivity index (χ2v) is 6.64. The molecule has 0 aliphatic heterocycles. The lowest BCUT2D eigenvalue weighted by Gasteiger charge is -2.05. The Balaban J connectivity index is 1.56. The zero-order chi connectivity index (χ0) is 18.5. The van der Waals surface area contributed by atoms with Gasteiger partial charge in [-0.1, -0.05) is 41.6 Å². The molecule has 1 amide bonds. The fraction of sp³-hybridized carbons (Fsp3) is 0.222. The number of thioether (sulfide) groups is 1. The van der Waals surface area contributed by atoms with E-state index >= 15 is 0 Å². The summed E-state index contributed by atoms with van der Waals surface area (Å²) in [6.07, 6.45) is 1.44. The van der Waals surface area contributed by atoms with E-state index < -0.39 is 0 Å². The molecule has 0 spiro atoms. The molecule has 8 heteroatoms. The van der Waals surface area contributed by atoms with Crippen LogP contribution in [-0.4, -0.2) is 32.2 Å². The minimum Gasteiger partial charge on any atom is -0.459 e. The van der Waals surface area contributed by atoms with Crippen LogP contribution < -0.4 is 5.32 Å². The average molecular weight is 370 g/mol. The van der Waals surface area contributed by atoms with Crippen LogP contribution in [0.3, 0.4) is 0 Å². The van der Waals surface area contributed by atoms with E-state index in [0.29, 0.717) is 16.5 Å². The van der Waals surface area contributed by atoms with Gasteiger partial charge in [-0.2, -0.15) is 0 Å². The Morgan fingerprint density at radius 2 is 1.96 bits per heavy atom. The van der Waals surface area contributed by atoms with Crippen LogP contribution in [0.2, 0.25) is 0 Å². The number of hydrogen-bond donors (Lipinski definition) is 1. The summed E-state index contributed by atoms with van der Waals surface area (Å²) < 4.78 is 6.80. The summed E-state index contributed by atoms with van der Waals surface area (Å²) in [6.45, 7) is 2.20. The molecule has 0 aliphatic carbocycles. The quantitative estimate of drug-likeness (QED) is 0.508.